The van der Waals surface area contributed by atoms with E-state index in [0.29, 0.717) is 0 Å². The highest BCUT2D eigenvalue weighted by Crippen LogP contribution is 2.24. The lowest BCUT2D eigenvalue weighted by molar-refractivity contribution is 1.05. The molecule has 0 fully saturated rings. The maximum atomic E-state index is 4.27. The van der Waals surface area contributed by atoms with Crippen molar-refractivity contribution in [2.45, 2.75) is 13.5 Å². The first kappa shape index (κ1) is 12.7. The van der Waals surface area contributed by atoms with Crippen LogP contribution in [0, 0.1) is 6.92 Å². The number of nitrogens with one attached hydrogen (secondary N) is 1. The summed E-state index contributed by atoms with van der Waals surface area (Å²) >= 11 is 1.51. The van der Waals surface area contributed by atoms with Crippen molar-refractivity contribution >= 4 is 16.5 Å². The molecule has 3 aromatic rings. The van der Waals surface area contributed by atoms with Crippen molar-refractivity contribution in [3.05, 3.63) is 59.8 Å². The van der Waals surface area contributed by atoms with Crippen LogP contribution in [-0.4, -0.2) is 15.2 Å². The highest BCUT2D eigenvalue weighted by molar-refractivity contribution is 7.18. The van der Waals surface area contributed by atoms with E-state index in [2.05, 4.69) is 51.7 Å². The Morgan fingerprint density at radius 2 is 2.05 bits per heavy atom. The van der Waals surface area contributed by atoms with Gasteiger partial charge in [0.1, 0.15) is 5.69 Å². The van der Waals surface area contributed by atoms with E-state index in [4.69, 9.17) is 0 Å². The molecule has 5 heteroatoms. The third-order valence-electron chi connectivity index (χ3n) is 2.84. The average molecular weight is 282 g/mol. The van der Waals surface area contributed by atoms with Gasteiger partial charge < -0.3 is 5.32 Å². The van der Waals surface area contributed by atoms with Gasteiger partial charge in [0.2, 0.25) is 5.13 Å². The van der Waals surface area contributed by atoms with Gasteiger partial charge in [0.15, 0.2) is 5.01 Å². The van der Waals surface area contributed by atoms with Gasteiger partial charge in [0, 0.05) is 12.7 Å². The summed E-state index contributed by atoms with van der Waals surface area (Å²) < 4.78 is 0. The Balaban J connectivity index is 1.69. The van der Waals surface area contributed by atoms with Crippen LogP contribution in [0.1, 0.15) is 11.1 Å². The summed E-state index contributed by atoms with van der Waals surface area (Å²) in [6.07, 6.45) is 1.76. The summed E-state index contributed by atoms with van der Waals surface area (Å²) in [7, 11) is 0. The molecule has 4 nitrogen and oxygen atoms in total. The number of hydrogen-bond donors (Lipinski definition) is 1. The minimum absolute atomic E-state index is 0.749. The highest BCUT2D eigenvalue weighted by Gasteiger charge is 2.06. The maximum absolute atomic E-state index is 4.27. The molecule has 1 aromatic carbocycles. The number of aromatic nitrogens is 3. The number of benzene rings is 1. The first-order valence-corrected chi connectivity index (χ1v) is 7.17. The highest BCUT2D eigenvalue weighted by atomic mass is 32.1. The fraction of sp³-hybridized carbons (Fsp3) is 0.133. The first-order chi connectivity index (χ1) is 9.81. The second-order valence-corrected chi connectivity index (χ2v) is 5.45. The largest absolute Gasteiger partial charge is 0.356 e. The van der Waals surface area contributed by atoms with E-state index < -0.39 is 0 Å². The quantitative estimate of drug-likeness (QED) is 0.795. The maximum Gasteiger partial charge on any atom is 0.206 e. The van der Waals surface area contributed by atoms with Gasteiger partial charge in [0.25, 0.3) is 0 Å². The van der Waals surface area contributed by atoms with Crippen LogP contribution in [-0.2, 0) is 6.54 Å². The Kier molecular flexibility index (Phi) is 3.69. The molecule has 0 saturated heterocycles. The van der Waals surface area contributed by atoms with Crippen LogP contribution in [0.4, 0.5) is 5.13 Å². The van der Waals surface area contributed by atoms with Crippen LogP contribution >= 0.6 is 11.3 Å². The monoisotopic (exact) mass is 282 g/mol. The van der Waals surface area contributed by atoms with Gasteiger partial charge in [-0.2, -0.15) is 0 Å². The van der Waals surface area contributed by atoms with Gasteiger partial charge >= 0.3 is 0 Å². The van der Waals surface area contributed by atoms with Gasteiger partial charge in [0.05, 0.1) is 0 Å². The van der Waals surface area contributed by atoms with E-state index in [1.54, 1.807) is 6.20 Å². The van der Waals surface area contributed by atoms with E-state index in [0.717, 1.165) is 22.4 Å². The van der Waals surface area contributed by atoms with Crippen molar-refractivity contribution in [3.8, 4) is 10.7 Å². The summed E-state index contributed by atoms with van der Waals surface area (Å²) in [4.78, 5) is 4.27. The zero-order valence-corrected chi connectivity index (χ0v) is 11.9. The predicted octanol–water partition coefficient (Wildman–Crippen LogP) is 3.52. The molecule has 0 bridgehead atoms. The molecular weight excluding hydrogens is 268 g/mol. The van der Waals surface area contributed by atoms with E-state index in [-0.39, 0.29) is 0 Å². The lowest BCUT2D eigenvalue weighted by atomic mass is 10.1. The fourth-order valence-corrected chi connectivity index (χ4v) is 2.60. The van der Waals surface area contributed by atoms with E-state index in [1.807, 2.05) is 18.2 Å². The Morgan fingerprint density at radius 3 is 2.85 bits per heavy atom. The molecule has 100 valence electrons. The van der Waals surface area contributed by atoms with Gasteiger partial charge in [-0.25, -0.2) is 0 Å². The van der Waals surface area contributed by atoms with Crippen molar-refractivity contribution in [1.82, 2.24) is 15.2 Å². The van der Waals surface area contributed by atoms with E-state index in [9.17, 15) is 0 Å². The third-order valence-corrected chi connectivity index (χ3v) is 3.74. The third kappa shape index (κ3) is 3.00. The molecule has 0 atom stereocenters. The Morgan fingerprint density at radius 1 is 1.10 bits per heavy atom. The summed E-state index contributed by atoms with van der Waals surface area (Å²) in [6, 6.07) is 14.2. The molecule has 0 spiro atoms. The van der Waals surface area contributed by atoms with Gasteiger partial charge in [-0.05, 0) is 24.6 Å². The van der Waals surface area contributed by atoms with Crippen LogP contribution in [0.15, 0.2) is 48.7 Å². The molecule has 2 aromatic heterocycles. The number of aryl methyl sites for hydroxylation is 1. The number of anilines is 1. The second kappa shape index (κ2) is 5.79. The zero-order valence-electron chi connectivity index (χ0n) is 11.1. The molecule has 20 heavy (non-hydrogen) atoms. The van der Waals surface area contributed by atoms with Crippen LogP contribution in [0.3, 0.4) is 0 Å². The van der Waals surface area contributed by atoms with Crippen LogP contribution in [0.2, 0.25) is 0 Å². The summed E-state index contributed by atoms with van der Waals surface area (Å²) in [6.45, 7) is 2.84. The Hall–Kier alpha value is -2.27. The van der Waals surface area contributed by atoms with Crippen LogP contribution < -0.4 is 5.32 Å². The fourth-order valence-electron chi connectivity index (χ4n) is 1.89. The molecule has 1 N–H and O–H groups in total. The van der Waals surface area contributed by atoms with Crippen molar-refractivity contribution in [2.24, 2.45) is 0 Å². The average Bonchev–Trinajstić information content (AvgIpc) is 2.95. The minimum Gasteiger partial charge on any atom is -0.356 e. The van der Waals surface area contributed by atoms with Crippen molar-refractivity contribution in [3.63, 3.8) is 0 Å². The van der Waals surface area contributed by atoms with Gasteiger partial charge in [-0.3, -0.25) is 4.98 Å². The molecule has 0 unspecified atom stereocenters. The Bertz CT molecular complexity index is 694. The van der Waals surface area contributed by atoms with E-state index in [1.165, 1.54) is 22.5 Å². The normalized spacial score (nSPS) is 10.4. The predicted molar refractivity (Wildman–Crippen MR) is 81.6 cm³/mol. The minimum atomic E-state index is 0.749. The smallest absolute Gasteiger partial charge is 0.206 e. The number of pyridine rings is 1. The molecule has 0 aliphatic rings. The Labute approximate surface area is 121 Å². The van der Waals surface area contributed by atoms with Crippen LogP contribution in [0.5, 0.6) is 0 Å². The lowest BCUT2D eigenvalue weighted by Crippen LogP contribution is -1.98. The van der Waals surface area contributed by atoms with Gasteiger partial charge in [-0.15, -0.1) is 10.2 Å². The SMILES string of the molecule is Cc1cccc(CNc2nnc(-c3ccccn3)s2)c1. The molecule has 3 rings (SSSR count). The molecule has 0 aliphatic heterocycles. The number of hydrogen-bond acceptors (Lipinski definition) is 5. The summed E-state index contributed by atoms with van der Waals surface area (Å²) in [5.41, 5.74) is 3.35. The second-order valence-electron chi connectivity index (χ2n) is 4.47. The topological polar surface area (TPSA) is 50.7 Å². The standard InChI is InChI=1S/C15H14N4S/c1-11-5-4-6-12(9-11)10-17-15-19-18-14(20-15)13-7-2-3-8-16-13/h2-9H,10H2,1H3,(H,17,19). The van der Waals surface area contributed by atoms with Crippen molar-refractivity contribution in [1.29, 1.82) is 0 Å². The number of rotatable bonds is 4. The van der Waals surface area contributed by atoms with Crippen molar-refractivity contribution in [2.75, 3.05) is 5.32 Å². The summed E-state index contributed by atoms with van der Waals surface area (Å²) in [5, 5.41) is 13.2. The molecule has 0 radical (unpaired) electrons. The van der Waals surface area contributed by atoms with Crippen molar-refractivity contribution < 1.29 is 0 Å². The van der Waals surface area contributed by atoms with Gasteiger partial charge in [-0.1, -0.05) is 47.2 Å². The number of nitrogens with zero attached hydrogens (tertiary/aromatic N) is 3. The molecular formula is C15H14N4S. The molecule has 0 saturated carbocycles. The lowest BCUT2D eigenvalue weighted by Gasteiger charge is -2.02. The van der Waals surface area contributed by atoms with E-state index >= 15 is 0 Å². The molecule has 2 heterocycles. The molecule has 0 amide bonds. The van der Waals surface area contributed by atoms with Crippen LogP contribution in [0.25, 0.3) is 10.7 Å². The zero-order chi connectivity index (χ0) is 13.8. The molecule has 0 aliphatic carbocycles. The first-order valence-electron chi connectivity index (χ1n) is 6.35. The summed E-state index contributed by atoms with van der Waals surface area (Å²) in [5.74, 6) is 0.